The molecule has 1 aromatic heterocycles. The zero-order valence-electron chi connectivity index (χ0n) is 25.2. The van der Waals surface area contributed by atoms with E-state index in [4.69, 9.17) is 30.2 Å². The van der Waals surface area contributed by atoms with E-state index in [1.54, 1.807) is 59.7 Å². The minimum absolute atomic E-state index is 0.0296. The zero-order valence-corrected chi connectivity index (χ0v) is 26.9. The highest BCUT2D eigenvalue weighted by Crippen LogP contribution is 2.38. The number of imide groups is 1. The molecule has 0 bridgehead atoms. The highest BCUT2D eigenvalue weighted by atomic mass is 35.5. The summed E-state index contributed by atoms with van der Waals surface area (Å²) in [6, 6.07) is 6.07. The third-order valence-electron chi connectivity index (χ3n) is 6.04. The summed E-state index contributed by atoms with van der Waals surface area (Å²) in [7, 11) is -2.40. The Kier molecular flexibility index (Phi) is 9.93. The van der Waals surface area contributed by atoms with Gasteiger partial charge in [0.2, 0.25) is 0 Å². The van der Waals surface area contributed by atoms with E-state index in [1.165, 1.54) is 6.07 Å². The predicted molar refractivity (Wildman–Crippen MR) is 157 cm³/mol. The summed E-state index contributed by atoms with van der Waals surface area (Å²) in [6.07, 6.45) is -3.13. The maximum absolute atomic E-state index is 13.3. The molecule has 1 atom stereocenters. The lowest BCUT2D eigenvalue weighted by molar-refractivity contribution is -0.147. The topological polar surface area (TPSA) is 124 Å². The quantitative estimate of drug-likeness (QED) is 0.257. The van der Waals surface area contributed by atoms with E-state index in [0.717, 1.165) is 4.90 Å². The number of ether oxygens (including phenoxy) is 3. The minimum Gasteiger partial charge on any atom is -0.490 e. The number of anilines is 1. The number of carbonyl (C=O) groups is 3. The Labute approximate surface area is 242 Å². The van der Waals surface area contributed by atoms with Gasteiger partial charge in [-0.1, -0.05) is 32.4 Å². The molecule has 0 aliphatic rings. The molecule has 0 saturated heterocycles. The number of carbonyl (C=O) groups excluding carboxylic acids is 2. The number of hydrogen-bond acceptors (Lipinski definition) is 8. The Balaban J connectivity index is 2.54. The van der Waals surface area contributed by atoms with Gasteiger partial charge in [0.15, 0.2) is 14.4 Å². The maximum atomic E-state index is 13.3. The van der Waals surface area contributed by atoms with E-state index >= 15 is 0 Å². The average Bonchev–Trinajstić information content (AvgIpc) is 2.73. The van der Waals surface area contributed by atoms with Crippen LogP contribution in [0.1, 0.15) is 62.3 Å². The van der Waals surface area contributed by atoms with Crippen molar-refractivity contribution in [2.45, 2.75) is 97.8 Å². The minimum atomic E-state index is -2.40. The van der Waals surface area contributed by atoms with Crippen molar-refractivity contribution in [2.75, 3.05) is 11.5 Å². The van der Waals surface area contributed by atoms with Gasteiger partial charge in [-0.15, -0.1) is 0 Å². The summed E-state index contributed by atoms with van der Waals surface area (Å²) in [5.74, 6) is -0.864. The summed E-state index contributed by atoms with van der Waals surface area (Å²) < 4.78 is 22.9. The lowest BCUT2D eigenvalue weighted by atomic mass is 10.1. The molecular weight excluding hydrogens is 556 g/mol. The number of carboxylic acid groups (broad SMARTS) is 1. The van der Waals surface area contributed by atoms with Gasteiger partial charge >= 0.3 is 18.2 Å². The molecule has 0 aliphatic heterocycles. The molecule has 1 heterocycles. The lowest BCUT2D eigenvalue weighted by Crippen LogP contribution is -2.47. The number of halogens is 1. The standard InChI is InChI=1S/C28H41ClN2O8Si/c1-26(2,3)37-24(34)31(25(35)38-27(4,5)6)20-15-22(29)30-19-13-12-17(14-18(19)20)36-16-21(23(32)33)39-40(10,11)28(7,8)9/h12-15,21H,16H2,1-11H3,(H,32,33)/t21-/m1/s1. The lowest BCUT2D eigenvalue weighted by Gasteiger charge is -2.38. The summed E-state index contributed by atoms with van der Waals surface area (Å²) >= 11 is 6.27. The molecule has 1 N–H and O–H groups in total. The first kappa shape index (κ1) is 33.3. The summed E-state index contributed by atoms with van der Waals surface area (Å²) in [4.78, 5) is 43.6. The number of nitrogens with zero attached hydrogens (tertiary/aromatic N) is 2. The molecule has 0 spiro atoms. The predicted octanol–water partition coefficient (Wildman–Crippen LogP) is 7.42. The zero-order chi connectivity index (χ0) is 30.8. The van der Waals surface area contributed by atoms with E-state index in [9.17, 15) is 19.5 Å². The second-order valence-electron chi connectivity index (χ2n) is 13.0. The number of fused-ring (bicyclic) bond motifs is 1. The molecular formula is C28H41ClN2O8Si. The number of pyridine rings is 1. The monoisotopic (exact) mass is 596 g/mol. The van der Waals surface area contributed by atoms with Crippen LogP contribution in [-0.2, 0) is 18.7 Å². The van der Waals surface area contributed by atoms with Crippen molar-refractivity contribution in [1.29, 1.82) is 0 Å². The van der Waals surface area contributed by atoms with Crippen molar-refractivity contribution < 1.29 is 38.1 Å². The van der Waals surface area contributed by atoms with Crippen molar-refractivity contribution >= 4 is 54.7 Å². The van der Waals surface area contributed by atoms with Crippen molar-refractivity contribution in [3.8, 4) is 5.75 Å². The van der Waals surface area contributed by atoms with Gasteiger partial charge in [0.05, 0.1) is 11.2 Å². The number of aliphatic carboxylic acids is 1. The molecule has 0 saturated carbocycles. The first-order valence-electron chi connectivity index (χ1n) is 12.9. The molecule has 40 heavy (non-hydrogen) atoms. The Morgan fingerprint density at radius 1 is 0.950 bits per heavy atom. The van der Waals surface area contributed by atoms with E-state index in [1.807, 2.05) is 33.9 Å². The number of hydrogen-bond donors (Lipinski definition) is 1. The second-order valence-corrected chi connectivity index (χ2v) is 18.1. The highest BCUT2D eigenvalue weighted by Gasteiger charge is 2.41. The smallest absolute Gasteiger partial charge is 0.424 e. The van der Waals surface area contributed by atoms with Crippen LogP contribution in [0.3, 0.4) is 0 Å². The van der Waals surface area contributed by atoms with Crippen LogP contribution >= 0.6 is 11.6 Å². The van der Waals surface area contributed by atoms with Crippen LogP contribution in [0.5, 0.6) is 5.75 Å². The molecule has 12 heteroatoms. The molecule has 10 nitrogen and oxygen atoms in total. The van der Waals surface area contributed by atoms with Crippen LogP contribution in [0.25, 0.3) is 10.9 Å². The van der Waals surface area contributed by atoms with Crippen molar-refractivity contribution in [3.05, 3.63) is 29.4 Å². The third-order valence-corrected chi connectivity index (χ3v) is 10.7. The Bertz CT molecular complexity index is 1230. The Morgan fingerprint density at radius 3 is 1.93 bits per heavy atom. The maximum Gasteiger partial charge on any atom is 0.424 e. The van der Waals surface area contributed by atoms with Crippen molar-refractivity contribution in [3.63, 3.8) is 0 Å². The second kappa shape index (κ2) is 11.9. The molecule has 222 valence electrons. The van der Waals surface area contributed by atoms with E-state index in [0.29, 0.717) is 10.9 Å². The van der Waals surface area contributed by atoms with Crippen LogP contribution in [0, 0.1) is 0 Å². The van der Waals surface area contributed by atoms with Gasteiger partial charge < -0.3 is 23.7 Å². The molecule has 2 rings (SSSR count). The summed E-state index contributed by atoms with van der Waals surface area (Å²) in [5.41, 5.74) is -1.39. The van der Waals surface area contributed by atoms with Gasteiger partial charge in [0, 0.05) is 11.5 Å². The van der Waals surface area contributed by atoms with Crippen molar-refractivity contribution in [2.24, 2.45) is 0 Å². The van der Waals surface area contributed by atoms with Crippen molar-refractivity contribution in [1.82, 2.24) is 4.98 Å². The van der Waals surface area contributed by atoms with Gasteiger partial charge in [-0.05, 0) is 77.9 Å². The SMILES string of the molecule is CC(C)(C)OC(=O)N(C(=O)OC(C)(C)C)c1cc(Cl)nc2ccc(OC[C@@H](O[Si](C)(C)C(C)(C)C)C(=O)O)cc12. The molecule has 0 aliphatic carbocycles. The summed E-state index contributed by atoms with van der Waals surface area (Å²) in [6.45, 7) is 19.8. The Morgan fingerprint density at radius 2 is 1.48 bits per heavy atom. The van der Waals surface area contributed by atoms with Gasteiger partial charge in [0.1, 0.15) is 28.7 Å². The van der Waals surface area contributed by atoms with E-state index in [2.05, 4.69) is 4.98 Å². The number of aromatic nitrogens is 1. The fraction of sp³-hybridized carbons (Fsp3) is 0.571. The molecule has 2 amide bonds. The molecule has 1 aromatic carbocycles. The number of carboxylic acids is 1. The first-order valence-corrected chi connectivity index (χ1v) is 16.2. The first-order chi connectivity index (χ1) is 18.0. The van der Waals surface area contributed by atoms with Crippen LogP contribution in [0.15, 0.2) is 24.3 Å². The average molecular weight is 597 g/mol. The fourth-order valence-electron chi connectivity index (χ4n) is 3.18. The van der Waals surface area contributed by atoms with Gasteiger partial charge in [-0.25, -0.2) is 19.4 Å². The third kappa shape index (κ3) is 9.07. The largest absolute Gasteiger partial charge is 0.490 e. The van der Waals surface area contributed by atoms with E-state index in [-0.39, 0.29) is 28.2 Å². The van der Waals surface area contributed by atoms with Crippen LogP contribution < -0.4 is 9.64 Å². The number of rotatable bonds is 7. The summed E-state index contributed by atoms with van der Waals surface area (Å²) in [5, 5.41) is 9.95. The normalized spacial score (nSPS) is 13.5. The highest BCUT2D eigenvalue weighted by molar-refractivity contribution is 6.74. The van der Waals surface area contributed by atoms with Crippen LogP contribution in [-0.4, -0.2) is 60.5 Å². The van der Waals surface area contributed by atoms with Gasteiger partial charge in [-0.2, -0.15) is 4.90 Å². The molecule has 0 radical (unpaired) electrons. The Hall–Kier alpha value is -2.89. The fourth-order valence-corrected chi connectivity index (χ4v) is 4.61. The number of benzene rings is 1. The van der Waals surface area contributed by atoms with Gasteiger partial charge in [0.25, 0.3) is 0 Å². The van der Waals surface area contributed by atoms with Crippen LogP contribution in [0.2, 0.25) is 23.3 Å². The van der Waals surface area contributed by atoms with Crippen LogP contribution in [0.4, 0.5) is 15.3 Å². The van der Waals surface area contributed by atoms with Gasteiger partial charge in [-0.3, -0.25) is 0 Å². The van der Waals surface area contributed by atoms with E-state index < -0.39 is 43.8 Å². The molecule has 0 unspecified atom stereocenters. The number of amides is 2. The molecule has 2 aromatic rings. The molecule has 0 fully saturated rings.